The summed E-state index contributed by atoms with van der Waals surface area (Å²) in [6, 6.07) is 14.5. The number of benzene rings is 2. The maximum absolute atomic E-state index is 12.7. The highest BCUT2D eigenvalue weighted by atomic mass is 16.1. The lowest BCUT2D eigenvalue weighted by molar-refractivity contribution is -0.570. The first kappa shape index (κ1) is 13.6. The molecule has 0 amide bonds. The van der Waals surface area contributed by atoms with E-state index in [1.165, 1.54) is 0 Å². The molecule has 0 saturated heterocycles. The van der Waals surface area contributed by atoms with E-state index in [2.05, 4.69) is 4.98 Å². The Labute approximate surface area is 132 Å². The molecule has 1 aromatic heterocycles. The first-order chi connectivity index (χ1) is 11.1. The summed E-state index contributed by atoms with van der Waals surface area (Å²) in [4.78, 5) is 17.3. The van der Waals surface area contributed by atoms with Gasteiger partial charge < -0.3 is 11.5 Å². The lowest BCUT2D eigenvalue weighted by atomic mass is 10.00. The van der Waals surface area contributed by atoms with Crippen LogP contribution in [-0.4, -0.2) is 16.8 Å². The van der Waals surface area contributed by atoms with Crippen LogP contribution in [0.2, 0.25) is 0 Å². The van der Waals surface area contributed by atoms with Gasteiger partial charge in [-0.15, -0.1) is 4.57 Å². The summed E-state index contributed by atoms with van der Waals surface area (Å²) in [6.45, 7) is 0. The number of ketones is 1. The zero-order valence-electron chi connectivity index (χ0n) is 12.3. The quantitative estimate of drug-likeness (QED) is 0.528. The van der Waals surface area contributed by atoms with Gasteiger partial charge in [0.15, 0.2) is 0 Å². The maximum Gasteiger partial charge on any atom is 0.282 e. The second-order valence-corrected chi connectivity index (χ2v) is 5.51. The normalized spacial score (nSPS) is 16.6. The highest BCUT2D eigenvalue weighted by Crippen LogP contribution is 2.21. The molecule has 0 radical (unpaired) electrons. The van der Waals surface area contributed by atoms with E-state index >= 15 is 0 Å². The second kappa shape index (κ2) is 5.00. The fourth-order valence-corrected chi connectivity index (χ4v) is 2.87. The molecule has 4 rings (SSSR count). The summed E-state index contributed by atoms with van der Waals surface area (Å²) in [5.41, 5.74) is 16.0. The summed E-state index contributed by atoms with van der Waals surface area (Å²) < 4.78 is 1.89. The number of rotatable bonds is 1. The molecule has 5 heteroatoms. The Kier molecular flexibility index (Phi) is 2.96. The molecule has 2 aromatic carbocycles. The number of nitrogens with zero attached hydrogens (tertiary/aromatic N) is 2. The molecule has 0 spiro atoms. The molecule has 0 aliphatic heterocycles. The Hall–Kier alpha value is -3.05. The minimum Gasteiger partial charge on any atom is -0.399 e. The topological polar surface area (TPSA) is 85.9 Å². The van der Waals surface area contributed by atoms with Gasteiger partial charge in [-0.05, 0) is 18.2 Å². The molecule has 112 valence electrons. The van der Waals surface area contributed by atoms with Gasteiger partial charge in [-0.3, -0.25) is 4.79 Å². The minimum atomic E-state index is -0.655. The van der Waals surface area contributed by atoms with Gasteiger partial charge in [-0.2, -0.15) is 0 Å². The third-order valence-electron chi connectivity index (χ3n) is 3.96. The van der Waals surface area contributed by atoms with Crippen LogP contribution in [0, 0.1) is 0 Å². The van der Waals surface area contributed by atoms with Crippen LogP contribution in [0.1, 0.15) is 16.2 Å². The van der Waals surface area contributed by atoms with Gasteiger partial charge in [0.05, 0.1) is 6.04 Å². The highest BCUT2D eigenvalue weighted by Gasteiger charge is 2.34. The number of aromatic nitrogens is 2. The van der Waals surface area contributed by atoms with E-state index in [0.717, 1.165) is 16.7 Å². The molecule has 5 nitrogen and oxygen atoms in total. The predicted molar refractivity (Wildman–Crippen MR) is 89.0 cm³/mol. The molecule has 0 bridgehead atoms. The number of nitrogens with two attached hydrogens (primary N) is 2. The summed E-state index contributed by atoms with van der Waals surface area (Å²) in [7, 11) is 0. The molecule has 4 N–H and O–H groups in total. The summed E-state index contributed by atoms with van der Waals surface area (Å²) >= 11 is 0. The van der Waals surface area contributed by atoms with E-state index in [-0.39, 0.29) is 5.78 Å². The predicted octanol–water partition coefficient (Wildman–Crippen LogP) is 1.63. The van der Waals surface area contributed by atoms with Crippen LogP contribution in [0.5, 0.6) is 0 Å². The van der Waals surface area contributed by atoms with Crippen molar-refractivity contribution in [3.63, 3.8) is 0 Å². The van der Waals surface area contributed by atoms with Gasteiger partial charge in [0.2, 0.25) is 17.0 Å². The molecule has 3 aromatic rings. The third kappa shape index (κ3) is 2.10. The Morgan fingerprint density at radius 1 is 1.09 bits per heavy atom. The van der Waals surface area contributed by atoms with Crippen molar-refractivity contribution < 1.29 is 9.36 Å². The minimum absolute atomic E-state index is 0.150. The van der Waals surface area contributed by atoms with E-state index in [1.54, 1.807) is 18.2 Å². The highest BCUT2D eigenvalue weighted by molar-refractivity contribution is 6.04. The molecule has 1 heterocycles. The largest absolute Gasteiger partial charge is 0.399 e. The van der Waals surface area contributed by atoms with E-state index in [4.69, 9.17) is 11.5 Å². The number of anilines is 1. The fourth-order valence-electron chi connectivity index (χ4n) is 2.87. The molecule has 0 saturated carbocycles. The summed E-state index contributed by atoms with van der Waals surface area (Å²) in [6.07, 6.45) is 3.48. The van der Waals surface area contributed by atoms with Crippen molar-refractivity contribution in [3.8, 4) is 5.69 Å². The Balaban J connectivity index is 2.18. The lowest BCUT2D eigenvalue weighted by Gasteiger charge is -2.14. The van der Waals surface area contributed by atoms with Gasteiger partial charge in [-0.1, -0.05) is 24.3 Å². The lowest BCUT2D eigenvalue weighted by Crippen LogP contribution is -2.46. The van der Waals surface area contributed by atoms with Crippen molar-refractivity contribution in [1.29, 1.82) is 0 Å². The zero-order valence-corrected chi connectivity index (χ0v) is 12.3. The number of carbonyl (C=O) groups is 1. The molecule has 23 heavy (non-hydrogen) atoms. The van der Waals surface area contributed by atoms with Crippen molar-refractivity contribution in [3.05, 3.63) is 66.0 Å². The number of Topliss-reactive ketones (excluding diaryl/α,β-unsaturated/α-hetero) is 1. The van der Waals surface area contributed by atoms with Crippen LogP contribution in [0.15, 0.2) is 54.6 Å². The molecule has 1 aliphatic carbocycles. The van der Waals surface area contributed by atoms with Gasteiger partial charge >= 0.3 is 0 Å². The van der Waals surface area contributed by atoms with Gasteiger partial charge in [0, 0.05) is 23.9 Å². The SMILES string of the molecule is Nc1ccc2nc3c([n+](-c4ccccc4)c2c1)C(=O)C(N)C=C3. The Morgan fingerprint density at radius 2 is 1.87 bits per heavy atom. The third-order valence-corrected chi connectivity index (χ3v) is 3.96. The Morgan fingerprint density at radius 3 is 2.65 bits per heavy atom. The van der Waals surface area contributed by atoms with Gasteiger partial charge in [-0.25, -0.2) is 4.98 Å². The average molecular weight is 303 g/mol. The van der Waals surface area contributed by atoms with Crippen molar-refractivity contribution in [1.82, 2.24) is 4.98 Å². The van der Waals surface area contributed by atoms with E-state index in [1.807, 2.05) is 47.0 Å². The molecule has 1 aliphatic rings. The van der Waals surface area contributed by atoms with E-state index in [0.29, 0.717) is 17.1 Å². The fraction of sp³-hybridized carbons (Fsp3) is 0.0556. The molecular formula is C18H15N4O+. The maximum atomic E-state index is 12.7. The zero-order chi connectivity index (χ0) is 16.0. The van der Waals surface area contributed by atoms with E-state index < -0.39 is 6.04 Å². The molecule has 0 fully saturated rings. The molecule has 1 unspecified atom stereocenters. The number of para-hydroxylation sites is 1. The smallest absolute Gasteiger partial charge is 0.282 e. The first-order valence-electron chi connectivity index (χ1n) is 7.34. The van der Waals surface area contributed by atoms with Gasteiger partial charge in [0.25, 0.3) is 5.69 Å². The van der Waals surface area contributed by atoms with Crippen LogP contribution in [0.4, 0.5) is 5.69 Å². The summed E-state index contributed by atoms with van der Waals surface area (Å²) in [5.74, 6) is -0.150. The van der Waals surface area contributed by atoms with E-state index in [9.17, 15) is 4.79 Å². The van der Waals surface area contributed by atoms with Crippen LogP contribution >= 0.6 is 0 Å². The first-order valence-corrected chi connectivity index (χ1v) is 7.34. The monoisotopic (exact) mass is 303 g/mol. The number of fused-ring (bicyclic) bond motifs is 2. The second-order valence-electron chi connectivity index (χ2n) is 5.51. The van der Waals surface area contributed by atoms with Crippen molar-refractivity contribution in [2.75, 3.05) is 5.73 Å². The van der Waals surface area contributed by atoms with Crippen molar-refractivity contribution in [2.45, 2.75) is 6.04 Å². The van der Waals surface area contributed by atoms with Crippen LogP contribution in [0.25, 0.3) is 22.8 Å². The number of hydrogen-bond donors (Lipinski definition) is 2. The van der Waals surface area contributed by atoms with Crippen LogP contribution in [-0.2, 0) is 0 Å². The number of nitrogen functional groups attached to an aromatic ring is 1. The molecular weight excluding hydrogens is 288 g/mol. The number of carbonyl (C=O) groups excluding carboxylic acids is 1. The van der Waals surface area contributed by atoms with Crippen molar-refractivity contribution in [2.24, 2.45) is 5.73 Å². The summed E-state index contributed by atoms with van der Waals surface area (Å²) in [5, 5.41) is 0. The van der Waals surface area contributed by atoms with Crippen LogP contribution in [0.3, 0.4) is 0 Å². The standard InChI is InChI=1S/C18H14N4O/c19-11-6-8-14-16(10-11)22(12-4-2-1-3-5-12)17-15(21-14)9-7-13(20)18(17)23/h1-10,13,19H,20H2/p+1. The van der Waals surface area contributed by atoms with Gasteiger partial charge in [0.1, 0.15) is 11.2 Å². The average Bonchev–Trinajstić information content (AvgIpc) is 2.57. The Bertz CT molecular complexity index is 964. The number of hydrogen-bond acceptors (Lipinski definition) is 4. The van der Waals surface area contributed by atoms with Crippen LogP contribution < -0.4 is 16.0 Å². The molecule has 1 atom stereocenters. The van der Waals surface area contributed by atoms with Crippen molar-refractivity contribution >= 4 is 28.6 Å².